The highest BCUT2D eigenvalue weighted by Gasteiger charge is 2.52. The first-order chi connectivity index (χ1) is 9.16. The molecule has 1 heterocycles. The van der Waals surface area contributed by atoms with E-state index < -0.39 is 27.5 Å². The van der Waals surface area contributed by atoms with Gasteiger partial charge in [-0.25, -0.2) is 8.42 Å². The molecule has 114 valence electrons. The number of amides is 2. The van der Waals surface area contributed by atoms with E-state index in [0.717, 1.165) is 19.1 Å². The van der Waals surface area contributed by atoms with Crippen molar-refractivity contribution in [3.63, 3.8) is 0 Å². The van der Waals surface area contributed by atoms with Crippen molar-refractivity contribution in [3.8, 4) is 0 Å². The molecule has 2 aliphatic rings. The first kappa shape index (κ1) is 15.3. The Morgan fingerprint density at radius 2 is 1.90 bits per heavy atom. The third kappa shape index (κ3) is 2.68. The van der Waals surface area contributed by atoms with Crippen molar-refractivity contribution in [2.75, 3.05) is 12.0 Å². The van der Waals surface area contributed by atoms with Crippen molar-refractivity contribution in [1.29, 1.82) is 0 Å². The predicted octanol–water partition coefficient (Wildman–Crippen LogP) is 0.0792. The summed E-state index contributed by atoms with van der Waals surface area (Å²) < 4.78 is 22.9. The average Bonchev–Trinajstić information content (AvgIpc) is 2.74. The van der Waals surface area contributed by atoms with Crippen molar-refractivity contribution in [2.45, 2.75) is 57.2 Å². The largest absolute Gasteiger partial charge is 0.340 e. The topological polar surface area (TPSA) is 83.6 Å². The molecule has 2 atom stereocenters. The molecule has 0 bridgehead atoms. The van der Waals surface area contributed by atoms with Gasteiger partial charge in [0.2, 0.25) is 11.8 Å². The van der Waals surface area contributed by atoms with Crippen LogP contribution in [0.5, 0.6) is 0 Å². The maximum atomic E-state index is 12.7. The first-order valence-electron chi connectivity index (χ1n) is 6.99. The summed E-state index contributed by atoms with van der Waals surface area (Å²) in [6.07, 6.45) is 4.26. The van der Waals surface area contributed by atoms with Gasteiger partial charge in [-0.2, -0.15) is 0 Å². The highest BCUT2D eigenvalue weighted by molar-refractivity contribution is 7.90. The number of carbonyl (C=O) groups excluding carboxylic acids is 2. The summed E-state index contributed by atoms with van der Waals surface area (Å²) in [6.45, 7) is 3.34. The van der Waals surface area contributed by atoms with Crippen LogP contribution in [0.3, 0.4) is 0 Å². The van der Waals surface area contributed by atoms with Crippen molar-refractivity contribution in [2.24, 2.45) is 0 Å². The SMILES string of the molecule is CC(CS(C)(=O)=O)N1C(=O)C2(CCCC2)NC(=O)C1C. The van der Waals surface area contributed by atoms with Crippen molar-refractivity contribution >= 4 is 21.7 Å². The fourth-order valence-corrected chi connectivity index (χ4v) is 4.40. The highest BCUT2D eigenvalue weighted by Crippen LogP contribution is 2.35. The molecule has 1 aliphatic heterocycles. The summed E-state index contributed by atoms with van der Waals surface area (Å²) in [6, 6.07) is -1.11. The number of nitrogens with one attached hydrogen (secondary N) is 1. The Morgan fingerprint density at radius 1 is 1.35 bits per heavy atom. The summed E-state index contributed by atoms with van der Waals surface area (Å²) in [5.74, 6) is -0.433. The van der Waals surface area contributed by atoms with E-state index in [9.17, 15) is 18.0 Å². The van der Waals surface area contributed by atoms with Gasteiger partial charge < -0.3 is 10.2 Å². The van der Waals surface area contributed by atoms with Gasteiger partial charge in [-0.1, -0.05) is 12.8 Å². The number of piperazine rings is 1. The Kier molecular flexibility index (Phi) is 3.83. The molecule has 1 saturated heterocycles. The zero-order valence-corrected chi connectivity index (χ0v) is 13.0. The zero-order chi connectivity index (χ0) is 15.1. The lowest BCUT2D eigenvalue weighted by Crippen LogP contribution is -2.70. The van der Waals surface area contributed by atoms with Gasteiger partial charge in [0.1, 0.15) is 21.4 Å². The standard InChI is InChI=1S/C13H22N2O4S/c1-9(8-20(3,18)19)15-10(2)11(16)14-13(12(15)17)6-4-5-7-13/h9-10H,4-8H2,1-3H3,(H,14,16). The molecule has 0 aromatic rings. The van der Waals surface area contributed by atoms with Crippen LogP contribution >= 0.6 is 0 Å². The van der Waals surface area contributed by atoms with E-state index in [1.165, 1.54) is 4.90 Å². The van der Waals surface area contributed by atoms with Crippen molar-refractivity contribution in [3.05, 3.63) is 0 Å². The third-order valence-corrected chi connectivity index (χ3v) is 5.37. The Bertz CT molecular complexity index is 522. The molecule has 1 saturated carbocycles. The van der Waals surface area contributed by atoms with Gasteiger partial charge in [0, 0.05) is 12.3 Å². The maximum absolute atomic E-state index is 12.7. The fraction of sp³-hybridized carbons (Fsp3) is 0.846. The van der Waals surface area contributed by atoms with E-state index in [4.69, 9.17) is 0 Å². The Hall–Kier alpha value is -1.11. The molecule has 0 aromatic heterocycles. The summed E-state index contributed by atoms with van der Waals surface area (Å²) in [4.78, 5) is 26.3. The van der Waals surface area contributed by atoms with Crippen LogP contribution in [0.4, 0.5) is 0 Å². The minimum Gasteiger partial charge on any atom is -0.340 e. The Balaban J connectivity index is 2.29. The van der Waals surface area contributed by atoms with Crippen LogP contribution in [-0.4, -0.2) is 54.8 Å². The molecular weight excluding hydrogens is 280 g/mol. The maximum Gasteiger partial charge on any atom is 0.249 e. The first-order valence-corrected chi connectivity index (χ1v) is 9.05. The van der Waals surface area contributed by atoms with Crippen molar-refractivity contribution < 1.29 is 18.0 Å². The molecule has 0 aromatic carbocycles. The number of rotatable bonds is 3. The lowest BCUT2D eigenvalue weighted by molar-refractivity contribution is -0.156. The third-order valence-electron chi connectivity index (χ3n) is 4.28. The molecule has 7 heteroatoms. The quantitative estimate of drug-likeness (QED) is 0.800. The molecule has 6 nitrogen and oxygen atoms in total. The van der Waals surface area contributed by atoms with Crippen LogP contribution in [0.1, 0.15) is 39.5 Å². The van der Waals surface area contributed by atoms with Crippen LogP contribution in [0, 0.1) is 0 Å². The minimum absolute atomic E-state index is 0.119. The second-order valence-corrected chi connectivity index (χ2v) is 8.29. The summed E-state index contributed by atoms with van der Waals surface area (Å²) >= 11 is 0. The Labute approximate surface area is 119 Å². The van der Waals surface area contributed by atoms with Gasteiger partial charge in [0.15, 0.2) is 0 Å². The van der Waals surface area contributed by atoms with E-state index in [-0.39, 0.29) is 17.6 Å². The molecule has 20 heavy (non-hydrogen) atoms. The lowest BCUT2D eigenvalue weighted by atomic mass is 9.90. The molecule has 2 unspecified atom stereocenters. The van der Waals surface area contributed by atoms with Gasteiger partial charge in [-0.15, -0.1) is 0 Å². The van der Waals surface area contributed by atoms with Crippen molar-refractivity contribution in [1.82, 2.24) is 10.2 Å². The van der Waals surface area contributed by atoms with Gasteiger partial charge in [-0.05, 0) is 26.7 Å². The Morgan fingerprint density at radius 3 is 2.40 bits per heavy atom. The van der Waals surface area contributed by atoms with Gasteiger partial charge >= 0.3 is 0 Å². The van der Waals surface area contributed by atoms with Gasteiger partial charge in [0.05, 0.1) is 5.75 Å². The molecular formula is C13H22N2O4S. The summed E-state index contributed by atoms with van der Waals surface area (Å²) in [5, 5.41) is 2.86. The second kappa shape index (κ2) is 5.02. The average molecular weight is 302 g/mol. The lowest BCUT2D eigenvalue weighted by Gasteiger charge is -2.45. The monoisotopic (exact) mass is 302 g/mol. The normalized spacial score (nSPS) is 27.8. The smallest absolute Gasteiger partial charge is 0.249 e. The number of carbonyl (C=O) groups is 2. The van der Waals surface area contributed by atoms with E-state index in [1.807, 2.05) is 0 Å². The van der Waals surface area contributed by atoms with E-state index in [0.29, 0.717) is 12.8 Å². The van der Waals surface area contributed by atoms with Crippen LogP contribution in [0.2, 0.25) is 0 Å². The predicted molar refractivity (Wildman–Crippen MR) is 74.8 cm³/mol. The van der Waals surface area contributed by atoms with Crippen LogP contribution in [0.25, 0.3) is 0 Å². The minimum atomic E-state index is -3.20. The number of nitrogens with zero attached hydrogens (tertiary/aromatic N) is 1. The van der Waals surface area contributed by atoms with Gasteiger partial charge in [0.25, 0.3) is 0 Å². The highest BCUT2D eigenvalue weighted by atomic mass is 32.2. The molecule has 2 amide bonds. The van der Waals surface area contributed by atoms with Gasteiger partial charge in [-0.3, -0.25) is 9.59 Å². The van der Waals surface area contributed by atoms with Crippen LogP contribution < -0.4 is 5.32 Å². The van der Waals surface area contributed by atoms with E-state index in [1.54, 1.807) is 13.8 Å². The number of hydrogen-bond acceptors (Lipinski definition) is 4. The van der Waals surface area contributed by atoms with Crippen LogP contribution in [0.15, 0.2) is 0 Å². The van der Waals surface area contributed by atoms with E-state index in [2.05, 4.69) is 5.32 Å². The summed E-state index contributed by atoms with van der Waals surface area (Å²) in [5.41, 5.74) is -0.796. The molecule has 1 aliphatic carbocycles. The van der Waals surface area contributed by atoms with E-state index >= 15 is 0 Å². The zero-order valence-electron chi connectivity index (χ0n) is 12.2. The molecule has 0 radical (unpaired) electrons. The molecule has 1 spiro atoms. The van der Waals surface area contributed by atoms with Crippen LogP contribution in [-0.2, 0) is 19.4 Å². The number of hydrogen-bond donors (Lipinski definition) is 1. The number of sulfone groups is 1. The second-order valence-electron chi connectivity index (χ2n) is 6.11. The molecule has 2 fully saturated rings. The fourth-order valence-electron chi connectivity index (χ4n) is 3.36. The molecule has 1 N–H and O–H groups in total. The molecule has 2 rings (SSSR count). The summed E-state index contributed by atoms with van der Waals surface area (Å²) in [7, 11) is -3.20.